The third-order valence-corrected chi connectivity index (χ3v) is 5.80. The standard InChI is InChI=1S/C7H15F3O2Si/c1-5-13(11-3,12-4)7(9,10)6(2)8/h6H,5H2,1-4H3. The molecule has 0 bridgehead atoms. The lowest BCUT2D eigenvalue weighted by Gasteiger charge is -2.34. The first kappa shape index (κ1) is 12.9. The summed E-state index contributed by atoms with van der Waals surface area (Å²) < 4.78 is 48.6. The lowest BCUT2D eigenvalue weighted by molar-refractivity contribution is -0.0384. The normalized spacial score (nSPS) is 15.9. The Balaban J connectivity index is 4.91. The molecule has 0 rings (SSSR count). The summed E-state index contributed by atoms with van der Waals surface area (Å²) in [5.74, 6) is 0. The van der Waals surface area contributed by atoms with Crippen molar-refractivity contribution in [2.45, 2.75) is 31.6 Å². The maximum atomic E-state index is 13.3. The summed E-state index contributed by atoms with van der Waals surface area (Å²) in [6.07, 6.45) is -2.25. The van der Waals surface area contributed by atoms with Crippen molar-refractivity contribution in [3.05, 3.63) is 0 Å². The second kappa shape index (κ2) is 4.43. The molecule has 0 amide bonds. The minimum Gasteiger partial charge on any atom is -0.394 e. The Morgan fingerprint density at radius 3 is 1.77 bits per heavy atom. The highest BCUT2D eigenvalue weighted by Gasteiger charge is 2.62. The molecule has 0 aromatic heterocycles. The second-order valence-electron chi connectivity index (χ2n) is 2.75. The highest BCUT2D eigenvalue weighted by molar-refractivity contribution is 6.70. The van der Waals surface area contributed by atoms with Crippen LogP contribution in [0.5, 0.6) is 0 Å². The smallest absolute Gasteiger partial charge is 0.394 e. The van der Waals surface area contributed by atoms with Crippen LogP contribution in [0.4, 0.5) is 13.2 Å². The highest BCUT2D eigenvalue weighted by Crippen LogP contribution is 2.35. The first-order valence-corrected chi connectivity index (χ1v) is 6.02. The molecule has 0 aliphatic carbocycles. The van der Waals surface area contributed by atoms with Crippen LogP contribution in [0.1, 0.15) is 13.8 Å². The van der Waals surface area contributed by atoms with E-state index in [2.05, 4.69) is 8.85 Å². The maximum absolute atomic E-state index is 13.3. The Labute approximate surface area is 77.3 Å². The first-order valence-electron chi connectivity index (χ1n) is 4.00. The van der Waals surface area contributed by atoms with Gasteiger partial charge in [-0.25, -0.2) is 13.2 Å². The molecular formula is C7H15F3O2Si. The van der Waals surface area contributed by atoms with E-state index in [0.29, 0.717) is 0 Å². The molecule has 0 aliphatic rings. The van der Waals surface area contributed by atoms with Gasteiger partial charge in [-0.15, -0.1) is 0 Å². The predicted octanol–water partition coefficient (Wildman–Crippen LogP) is 2.27. The minimum atomic E-state index is -3.72. The van der Waals surface area contributed by atoms with E-state index < -0.39 is 20.3 Å². The van der Waals surface area contributed by atoms with Gasteiger partial charge in [0.2, 0.25) is 0 Å². The largest absolute Gasteiger partial charge is 0.416 e. The molecule has 0 N–H and O–H groups in total. The quantitative estimate of drug-likeness (QED) is 0.656. The Morgan fingerprint density at radius 1 is 1.31 bits per heavy atom. The lowest BCUT2D eigenvalue weighted by atomic mass is 10.5. The van der Waals surface area contributed by atoms with Gasteiger partial charge >= 0.3 is 14.1 Å². The maximum Gasteiger partial charge on any atom is 0.416 e. The van der Waals surface area contributed by atoms with E-state index in [-0.39, 0.29) is 6.04 Å². The zero-order chi connectivity index (χ0) is 10.7. The van der Waals surface area contributed by atoms with Gasteiger partial charge < -0.3 is 8.85 Å². The Hall–Kier alpha value is -0.0731. The average Bonchev–Trinajstić information content (AvgIpc) is 2.08. The van der Waals surface area contributed by atoms with E-state index in [1.54, 1.807) is 0 Å². The molecule has 1 unspecified atom stereocenters. The van der Waals surface area contributed by atoms with Crippen molar-refractivity contribution >= 4 is 8.56 Å². The highest BCUT2D eigenvalue weighted by atomic mass is 28.4. The third kappa shape index (κ3) is 2.05. The zero-order valence-electron chi connectivity index (χ0n) is 8.23. The number of alkyl halides is 3. The lowest BCUT2D eigenvalue weighted by Crippen LogP contribution is -2.60. The van der Waals surface area contributed by atoms with E-state index in [4.69, 9.17) is 0 Å². The van der Waals surface area contributed by atoms with Crippen LogP contribution in [0.2, 0.25) is 6.04 Å². The van der Waals surface area contributed by atoms with Gasteiger partial charge in [0.1, 0.15) is 0 Å². The topological polar surface area (TPSA) is 18.5 Å². The van der Waals surface area contributed by atoms with Crippen molar-refractivity contribution in [1.29, 1.82) is 0 Å². The number of hydrogen-bond donors (Lipinski definition) is 0. The van der Waals surface area contributed by atoms with Crippen molar-refractivity contribution in [1.82, 2.24) is 0 Å². The van der Waals surface area contributed by atoms with Crippen LogP contribution in [0.15, 0.2) is 0 Å². The number of hydrogen-bond acceptors (Lipinski definition) is 2. The van der Waals surface area contributed by atoms with Gasteiger partial charge in [-0.2, -0.15) is 0 Å². The monoisotopic (exact) mass is 216 g/mol. The first-order chi connectivity index (χ1) is 5.88. The van der Waals surface area contributed by atoms with Crippen LogP contribution in [0.3, 0.4) is 0 Å². The van der Waals surface area contributed by atoms with Gasteiger partial charge in [0, 0.05) is 14.2 Å². The minimum absolute atomic E-state index is 0.0151. The van der Waals surface area contributed by atoms with Crippen molar-refractivity contribution in [2.24, 2.45) is 0 Å². The zero-order valence-corrected chi connectivity index (χ0v) is 9.23. The van der Waals surface area contributed by atoms with E-state index >= 15 is 0 Å². The summed E-state index contributed by atoms with van der Waals surface area (Å²) in [5, 5.41) is 0. The van der Waals surface area contributed by atoms with Crippen LogP contribution >= 0.6 is 0 Å². The SMILES string of the molecule is CC[Si](OC)(OC)C(F)(F)C(C)F. The van der Waals surface area contributed by atoms with Crippen molar-refractivity contribution in [2.75, 3.05) is 14.2 Å². The van der Waals surface area contributed by atoms with E-state index in [9.17, 15) is 13.2 Å². The fourth-order valence-electron chi connectivity index (χ4n) is 1.18. The molecule has 0 radical (unpaired) electrons. The molecule has 2 nitrogen and oxygen atoms in total. The average molecular weight is 216 g/mol. The van der Waals surface area contributed by atoms with Crippen molar-refractivity contribution in [3.63, 3.8) is 0 Å². The predicted molar refractivity (Wildman–Crippen MR) is 45.8 cm³/mol. The molecular weight excluding hydrogens is 201 g/mol. The summed E-state index contributed by atoms with van der Waals surface area (Å²) in [5.41, 5.74) is -3.51. The molecule has 13 heavy (non-hydrogen) atoms. The van der Waals surface area contributed by atoms with Crippen molar-refractivity contribution in [3.8, 4) is 0 Å². The molecule has 0 fully saturated rings. The van der Waals surface area contributed by atoms with Gasteiger partial charge in [-0.1, -0.05) is 6.92 Å². The van der Waals surface area contributed by atoms with Gasteiger partial charge in [0.15, 0.2) is 6.17 Å². The molecule has 80 valence electrons. The molecule has 0 aliphatic heterocycles. The van der Waals surface area contributed by atoms with Gasteiger partial charge in [0.05, 0.1) is 0 Å². The van der Waals surface area contributed by atoms with E-state index in [0.717, 1.165) is 21.1 Å². The fourth-order valence-corrected chi connectivity index (χ4v) is 3.55. The molecule has 0 aromatic rings. The molecule has 0 heterocycles. The number of halogens is 3. The summed E-state index contributed by atoms with van der Waals surface area (Å²) >= 11 is 0. The van der Waals surface area contributed by atoms with Gasteiger partial charge in [0.25, 0.3) is 0 Å². The Morgan fingerprint density at radius 2 is 1.69 bits per heavy atom. The molecule has 0 saturated heterocycles. The van der Waals surface area contributed by atoms with Crippen LogP contribution in [0, 0.1) is 0 Å². The summed E-state index contributed by atoms with van der Waals surface area (Å²) in [4.78, 5) is 0. The van der Waals surface area contributed by atoms with Crippen molar-refractivity contribution < 1.29 is 22.0 Å². The molecule has 1 atom stereocenters. The van der Waals surface area contributed by atoms with E-state index in [1.807, 2.05) is 0 Å². The third-order valence-electron chi connectivity index (χ3n) is 2.13. The van der Waals surface area contributed by atoms with Gasteiger partial charge in [-0.05, 0) is 13.0 Å². The number of rotatable bonds is 5. The molecule has 0 saturated carbocycles. The van der Waals surface area contributed by atoms with E-state index in [1.165, 1.54) is 6.92 Å². The summed E-state index contributed by atoms with van der Waals surface area (Å²) in [6, 6.07) is 0.0151. The van der Waals surface area contributed by atoms with Gasteiger partial charge in [-0.3, -0.25) is 0 Å². The Bertz CT molecular complexity index is 152. The van der Waals surface area contributed by atoms with Crippen LogP contribution in [-0.4, -0.2) is 34.5 Å². The Kier molecular flexibility index (Phi) is 4.41. The van der Waals surface area contributed by atoms with Crippen LogP contribution in [0.25, 0.3) is 0 Å². The molecule has 0 aromatic carbocycles. The summed E-state index contributed by atoms with van der Waals surface area (Å²) in [7, 11) is -1.45. The molecule has 6 heteroatoms. The summed E-state index contributed by atoms with van der Waals surface area (Å²) in [6.45, 7) is 2.32. The second-order valence-corrected chi connectivity index (χ2v) is 6.45. The van der Waals surface area contributed by atoms with Crippen LogP contribution in [-0.2, 0) is 8.85 Å². The van der Waals surface area contributed by atoms with Crippen LogP contribution < -0.4 is 0 Å². The molecule has 0 spiro atoms. The fraction of sp³-hybridized carbons (Fsp3) is 1.00.